The minimum atomic E-state index is 0.174. The summed E-state index contributed by atoms with van der Waals surface area (Å²) in [7, 11) is 0. The molecular formula is C10H17NO. The number of carbonyl (C=O) groups is 1. The molecule has 3 rings (SSSR count). The van der Waals surface area contributed by atoms with Crippen molar-refractivity contribution in [1.29, 1.82) is 0 Å². The molecule has 0 aromatic rings. The van der Waals surface area contributed by atoms with E-state index in [1.165, 1.54) is 0 Å². The smallest absolute Gasteiger partial charge is 0.152 e. The van der Waals surface area contributed by atoms with Gasteiger partial charge in [-0.1, -0.05) is 0 Å². The van der Waals surface area contributed by atoms with Crippen LogP contribution in [0.4, 0.5) is 0 Å². The monoisotopic (exact) mass is 167 g/mol. The predicted molar refractivity (Wildman–Crippen MR) is 48.0 cm³/mol. The fourth-order valence-corrected chi connectivity index (χ4v) is 2.88. The molecule has 0 aromatic heterocycles. The van der Waals surface area contributed by atoms with Crippen LogP contribution in [0.3, 0.4) is 0 Å². The number of carbonyl (C=O) groups excluding carboxylic acids is 1. The van der Waals surface area contributed by atoms with Gasteiger partial charge in [-0.05, 0) is 33.6 Å². The zero-order valence-electron chi connectivity index (χ0n) is 8.13. The first-order chi connectivity index (χ1) is 5.52. The van der Waals surface area contributed by atoms with Crippen molar-refractivity contribution in [3.63, 3.8) is 0 Å². The van der Waals surface area contributed by atoms with Gasteiger partial charge in [-0.3, -0.25) is 9.69 Å². The zero-order chi connectivity index (χ0) is 8.93. The van der Waals surface area contributed by atoms with E-state index >= 15 is 0 Å². The second-order valence-corrected chi connectivity index (χ2v) is 4.77. The molecule has 0 aliphatic carbocycles. The van der Waals surface area contributed by atoms with Crippen LogP contribution >= 0.6 is 0 Å². The van der Waals surface area contributed by atoms with E-state index in [1.807, 2.05) is 0 Å². The van der Waals surface area contributed by atoms with E-state index < -0.39 is 0 Å². The predicted octanol–water partition coefficient (Wildman–Crippen LogP) is 1.45. The lowest BCUT2D eigenvalue weighted by atomic mass is 9.73. The first-order valence-electron chi connectivity index (χ1n) is 4.83. The summed E-state index contributed by atoms with van der Waals surface area (Å²) >= 11 is 0. The fraction of sp³-hybridized carbons (Fsp3) is 0.900. The average molecular weight is 167 g/mol. The van der Waals surface area contributed by atoms with E-state index in [9.17, 15) is 4.79 Å². The number of Topliss-reactive ketones (excluding diaryl/α,β-unsaturated/α-hetero) is 1. The molecule has 12 heavy (non-hydrogen) atoms. The minimum absolute atomic E-state index is 0.174. The molecule has 68 valence electrons. The number of piperidine rings is 3. The maximum Gasteiger partial charge on any atom is 0.152 e. The summed E-state index contributed by atoms with van der Waals surface area (Å²) in [6, 6.07) is 0.174. The van der Waals surface area contributed by atoms with Crippen LogP contribution < -0.4 is 0 Å². The van der Waals surface area contributed by atoms with Crippen LogP contribution in [-0.2, 0) is 4.79 Å². The van der Waals surface area contributed by atoms with Crippen molar-refractivity contribution in [2.24, 2.45) is 5.92 Å². The number of hydrogen-bond acceptors (Lipinski definition) is 2. The van der Waals surface area contributed by atoms with E-state index in [0.717, 1.165) is 19.4 Å². The molecule has 2 heteroatoms. The van der Waals surface area contributed by atoms with Crippen molar-refractivity contribution in [3.8, 4) is 0 Å². The lowest BCUT2D eigenvalue weighted by Gasteiger charge is -2.53. The van der Waals surface area contributed by atoms with Gasteiger partial charge in [0.05, 0.1) is 6.04 Å². The molecule has 3 aliphatic rings. The second kappa shape index (κ2) is 2.32. The molecule has 0 N–H and O–H groups in total. The third kappa shape index (κ3) is 0.939. The van der Waals surface area contributed by atoms with E-state index in [4.69, 9.17) is 0 Å². The van der Waals surface area contributed by atoms with Gasteiger partial charge in [0.2, 0.25) is 0 Å². The number of fused-ring (bicyclic) bond motifs is 3. The highest BCUT2D eigenvalue weighted by atomic mass is 16.1. The third-order valence-corrected chi connectivity index (χ3v) is 3.52. The van der Waals surface area contributed by atoms with Gasteiger partial charge in [0, 0.05) is 18.0 Å². The lowest BCUT2D eigenvalue weighted by Crippen LogP contribution is -2.63. The van der Waals surface area contributed by atoms with Gasteiger partial charge in [-0.25, -0.2) is 0 Å². The van der Waals surface area contributed by atoms with Crippen LogP contribution in [0.25, 0.3) is 0 Å². The van der Waals surface area contributed by atoms with Gasteiger partial charge in [0.25, 0.3) is 0 Å². The molecule has 0 saturated carbocycles. The standard InChI is InChI=1S/C10H17NO/c1-7-9(12)8-4-5-11(7)10(2,3)6-8/h7-8H,4-6H2,1-3H3. The van der Waals surface area contributed by atoms with Crippen LogP contribution in [0.2, 0.25) is 0 Å². The summed E-state index contributed by atoms with van der Waals surface area (Å²) in [5, 5.41) is 0. The largest absolute Gasteiger partial charge is 0.298 e. The normalized spacial score (nSPS) is 44.9. The summed E-state index contributed by atoms with van der Waals surface area (Å²) in [5.74, 6) is 0.834. The molecule has 3 aliphatic heterocycles. The maximum atomic E-state index is 11.6. The van der Waals surface area contributed by atoms with Gasteiger partial charge in [-0.15, -0.1) is 0 Å². The Morgan fingerprint density at radius 1 is 1.50 bits per heavy atom. The molecule has 0 spiro atoms. The highest BCUT2D eigenvalue weighted by Crippen LogP contribution is 2.39. The fourth-order valence-electron chi connectivity index (χ4n) is 2.88. The van der Waals surface area contributed by atoms with Gasteiger partial charge in [-0.2, -0.15) is 0 Å². The van der Waals surface area contributed by atoms with Gasteiger partial charge in [0.1, 0.15) is 0 Å². The second-order valence-electron chi connectivity index (χ2n) is 4.77. The Labute approximate surface area is 73.9 Å². The number of rotatable bonds is 0. The first-order valence-corrected chi connectivity index (χ1v) is 4.83. The minimum Gasteiger partial charge on any atom is -0.298 e. The first kappa shape index (κ1) is 8.24. The Bertz CT molecular complexity index is 218. The lowest BCUT2D eigenvalue weighted by molar-refractivity contribution is -0.145. The third-order valence-electron chi connectivity index (χ3n) is 3.52. The van der Waals surface area contributed by atoms with E-state index in [1.54, 1.807) is 0 Å². The highest BCUT2D eigenvalue weighted by molar-refractivity contribution is 5.87. The van der Waals surface area contributed by atoms with E-state index in [2.05, 4.69) is 25.7 Å². The van der Waals surface area contributed by atoms with Gasteiger partial charge < -0.3 is 0 Å². The molecule has 2 bridgehead atoms. The Balaban J connectivity index is 2.30. The van der Waals surface area contributed by atoms with Crippen molar-refractivity contribution in [3.05, 3.63) is 0 Å². The zero-order valence-corrected chi connectivity index (χ0v) is 8.13. The Morgan fingerprint density at radius 3 is 2.58 bits per heavy atom. The van der Waals surface area contributed by atoms with E-state index in [-0.39, 0.29) is 11.6 Å². The van der Waals surface area contributed by atoms with Gasteiger partial charge >= 0.3 is 0 Å². The summed E-state index contributed by atoms with van der Waals surface area (Å²) in [4.78, 5) is 14.0. The van der Waals surface area contributed by atoms with Crippen molar-refractivity contribution in [2.75, 3.05) is 6.54 Å². The molecule has 3 unspecified atom stereocenters. The molecule has 3 saturated heterocycles. The highest BCUT2D eigenvalue weighted by Gasteiger charge is 2.47. The van der Waals surface area contributed by atoms with Crippen molar-refractivity contribution in [2.45, 2.75) is 45.2 Å². The van der Waals surface area contributed by atoms with Crippen molar-refractivity contribution >= 4 is 5.78 Å². The Kier molecular flexibility index (Phi) is 1.59. The number of ketones is 1. The average Bonchev–Trinajstić information content (AvgIpc) is 1.97. The Morgan fingerprint density at radius 2 is 2.17 bits per heavy atom. The molecular weight excluding hydrogens is 150 g/mol. The summed E-state index contributed by atoms with van der Waals surface area (Å²) < 4.78 is 0. The molecule has 2 nitrogen and oxygen atoms in total. The summed E-state index contributed by atoms with van der Waals surface area (Å²) in [6.45, 7) is 7.67. The molecule has 0 amide bonds. The van der Waals surface area contributed by atoms with Crippen LogP contribution in [0.1, 0.15) is 33.6 Å². The van der Waals surface area contributed by atoms with E-state index in [0.29, 0.717) is 11.7 Å². The Hall–Kier alpha value is -0.370. The van der Waals surface area contributed by atoms with Crippen molar-refractivity contribution in [1.82, 2.24) is 4.90 Å². The maximum absolute atomic E-state index is 11.6. The SMILES string of the molecule is CC1C(=O)C2CCN1C(C)(C)C2. The number of nitrogens with zero attached hydrogens (tertiary/aromatic N) is 1. The van der Waals surface area contributed by atoms with Crippen LogP contribution in [-0.4, -0.2) is 28.8 Å². The molecule has 3 atom stereocenters. The topological polar surface area (TPSA) is 20.3 Å². The van der Waals surface area contributed by atoms with Crippen LogP contribution in [0, 0.1) is 5.92 Å². The quantitative estimate of drug-likeness (QED) is 0.544. The van der Waals surface area contributed by atoms with Gasteiger partial charge in [0.15, 0.2) is 5.78 Å². The molecule has 3 fully saturated rings. The molecule has 0 aromatic carbocycles. The summed E-state index contributed by atoms with van der Waals surface area (Å²) in [5.41, 5.74) is 0.260. The number of hydrogen-bond donors (Lipinski definition) is 0. The summed E-state index contributed by atoms with van der Waals surface area (Å²) in [6.07, 6.45) is 2.16. The molecule has 0 radical (unpaired) electrons. The molecule has 3 heterocycles. The van der Waals surface area contributed by atoms with Crippen molar-refractivity contribution < 1.29 is 4.79 Å². The van der Waals surface area contributed by atoms with Crippen LogP contribution in [0.5, 0.6) is 0 Å². The van der Waals surface area contributed by atoms with Crippen LogP contribution in [0.15, 0.2) is 0 Å².